The zero-order valence-electron chi connectivity index (χ0n) is 26.5. The van der Waals surface area contributed by atoms with E-state index in [-0.39, 0.29) is 41.4 Å². The summed E-state index contributed by atoms with van der Waals surface area (Å²) in [4.78, 5) is 16.1. The zero-order chi connectivity index (χ0) is 32.1. The van der Waals surface area contributed by atoms with Crippen molar-refractivity contribution in [2.45, 2.75) is 26.2 Å². The van der Waals surface area contributed by atoms with Crippen LogP contribution in [0.25, 0.3) is 0 Å². The SMILES string of the molecule is CC(C)(C)c1ccnc(N2c3[c-]c(Oc4[c-]c(N5[CH-]N(c6ccccc6)c6c(P)cccc65)ccc4)ccc3[Se]c3cccnc32)c1.[Pt]. The van der Waals surface area contributed by atoms with E-state index < -0.39 is 0 Å². The van der Waals surface area contributed by atoms with Crippen molar-refractivity contribution in [3.63, 3.8) is 0 Å². The molecule has 6 nitrogen and oxygen atoms in total. The van der Waals surface area contributed by atoms with Crippen molar-refractivity contribution in [2.75, 3.05) is 14.7 Å². The van der Waals surface area contributed by atoms with Crippen LogP contribution >= 0.6 is 9.24 Å². The zero-order valence-corrected chi connectivity index (χ0v) is 31.6. The van der Waals surface area contributed by atoms with E-state index in [4.69, 9.17) is 14.7 Å². The maximum absolute atomic E-state index is 6.49. The van der Waals surface area contributed by atoms with Gasteiger partial charge in [0.25, 0.3) is 0 Å². The minimum atomic E-state index is -0.0222. The molecule has 0 radical (unpaired) electrons. The molecule has 0 saturated carbocycles. The second-order valence-corrected chi connectivity index (χ2v) is 15.3. The van der Waals surface area contributed by atoms with Gasteiger partial charge in [-0.15, -0.1) is 9.24 Å². The number of rotatable bonds is 5. The van der Waals surface area contributed by atoms with Crippen LogP contribution in [0.15, 0.2) is 116 Å². The van der Waals surface area contributed by atoms with Crippen LogP contribution in [0.3, 0.4) is 0 Å². The van der Waals surface area contributed by atoms with Gasteiger partial charge < -0.3 is 0 Å². The molecule has 0 bridgehead atoms. The van der Waals surface area contributed by atoms with Gasteiger partial charge >= 0.3 is 240 Å². The molecule has 1 unspecified atom stereocenters. The standard InChI is InChI=1S/C39H31N5OPSe.Pt/c1-39(2,3)26-19-21-40-36(22-26)44-32-24-30(17-18-34(32)47-35-16-9-20-41-38(35)44)45-29-13-7-12-28(23-29)42-25-43(27-10-5-4-6-11-27)37-31(42)14-8-15-33(37)46;/h4-22,25H,46H2,1-3H3;/q-3;. The Morgan fingerprint density at radius 2 is 1.58 bits per heavy atom. The number of anilines is 7. The maximum Gasteiger partial charge on any atom is 0 e. The number of benzene rings is 4. The van der Waals surface area contributed by atoms with Crippen LogP contribution in [0.5, 0.6) is 11.5 Å². The van der Waals surface area contributed by atoms with E-state index >= 15 is 0 Å². The summed E-state index contributed by atoms with van der Waals surface area (Å²) in [6.45, 7) is 8.75. The van der Waals surface area contributed by atoms with Crippen molar-refractivity contribution in [1.29, 1.82) is 0 Å². The number of fused-ring (bicyclic) bond motifs is 3. The van der Waals surface area contributed by atoms with Gasteiger partial charge in [-0.05, 0) is 12.1 Å². The van der Waals surface area contributed by atoms with Crippen molar-refractivity contribution in [3.05, 3.63) is 140 Å². The van der Waals surface area contributed by atoms with E-state index in [1.54, 1.807) is 0 Å². The molecule has 1 atom stereocenters. The first-order valence-electron chi connectivity index (χ1n) is 15.4. The molecule has 0 spiro atoms. The van der Waals surface area contributed by atoms with Crippen molar-refractivity contribution >= 4 is 78.5 Å². The summed E-state index contributed by atoms with van der Waals surface area (Å²) >= 11 is 0.0676. The van der Waals surface area contributed by atoms with E-state index in [1.807, 2.05) is 42.7 Å². The smallest absolute Gasteiger partial charge is 0 e. The van der Waals surface area contributed by atoms with Gasteiger partial charge in [0, 0.05) is 21.1 Å². The third-order valence-corrected chi connectivity index (χ3v) is 10.9. The molecule has 0 fully saturated rings. The first kappa shape index (κ1) is 32.6. The third kappa shape index (κ3) is 6.06. The van der Waals surface area contributed by atoms with Gasteiger partial charge in [0.15, 0.2) is 0 Å². The molecule has 0 aliphatic carbocycles. The van der Waals surface area contributed by atoms with E-state index in [1.165, 1.54) is 14.5 Å². The van der Waals surface area contributed by atoms with Crippen molar-refractivity contribution < 1.29 is 25.8 Å². The van der Waals surface area contributed by atoms with Crippen LogP contribution in [0.1, 0.15) is 26.3 Å². The largest absolute Gasteiger partial charge is 0 e. The molecule has 2 aliphatic heterocycles. The van der Waals surface area contributed by atoms with Crippen LogP contribution in [0.4, 0.5) is 40.1 Å². The van der Waals surface area contributed by atoms with Gasteiger partial charge in [-0.2, -0.15) is 0 Å². The first-order chi connectivity index (χ1) is 22.8. The number of hydrogen-bond acceptors (Lipinski definition) is 6. The summed E-state index contributed by atoms with van der Waals surface area (Å²) in [7, 11) is 2.87. The predicted octanol–water partition coefficient (Wildman–Crippen LogP) is 7.51. The van der Waals surface area contributed by atoms with Crippen LogP contribution in [0, 0.1) is 18.8 Å². The summed E-state index contributed by atoms with van der Waals surface area (Å²) in [5, 5.41) is 1.12. The molecule has 0 amide bonds. The molecule has 0 saturated heterocycles. The Labute approximate surface area is 304 Å². The summed E-state index contributed by atoms with van der Waals surface area (Å²) in [6.07, 6.45) is 3.72. The Kier molecular flexibility index (Phi) is 8.91. The molecule has 8 rings (SSSR count). The molecule has 0 N–H and O–H groups in total. The van der Waals surface area contributed by atoms with Gasteiger partial charge in [-0.25, -0.2) is 0 Å². The van der Waals surface area contributed by atoms with E-state index in [2.05, 4.69) is 136 Å². The average Bonchev–Trinajstić information content (AvgIpc) is 3.49. The van der Waals surface area contributed by atoms with Crippen LogP contribution in [0.2, 0.25) is 0 Å². The number of nitrogens with zero attached hydrogens (tertiary/aromatic N) is 5. The minimum absolute atomic E-state index is 0. The second-order valence-electron chi connectivity index (χ2n) is 12.4. The van der Waals surface area contributed by atoms with Crippen LogP contribution < -0.4 is 33.7 Å². The molecule has 9 heteroatoms. The van der Waals surface area contributed by atoms with Crippen molar-refractivity contribution in [3.8, 4) is 11.5 Å². The van der Waals surface area contributed by atoms with Gasteiger partial charge in [-0.3, -0.25) is 0 Å². The molecule has 6 aromatic rings. The summed E-state index contributed by atoms with van der Waals surface area (Å²) in [5.74, 6) is 2.91. The Morgan fingerprint density at radius 1 is 0.771 bits per heavy atom. The summed E-state index contributed by atoms with van der Waals surface area (Å²) in [5.41, 5.74) is 6.25. The quantitative estimate of drug-likeness (QED) is 0.101. The Bertz CT molecular complexity index is 2120. The number of aromatic nitrogens is 2. The molecule has 4 aromatic carbocycles. The fourth-order valence-corrected chi connectivity index (χ4v) is 8.30. The molecular weight excluding hydrogens is 859 g/mol. The Hall–Kier alpha value is -3.98. The topological polar surface area (TPSA) is 44.7 Å². The summed E-state index contributed by atoms with van der Waals surface area (Å²) < 4.78 is 8.89. The van der Waals surface area contributed by atoms with Gasteiger partial charge in [0.1, 0.15) is 0 Å². The second kappa shape index (κ2) is 13.1. The average molecular weight is 891 g/mol. The molecule has 242 valence electrons. The van der Waals surface area contributed by atoms with E-state index in [0.29, 0.717) is 11.5 Å². The molecule has 4 heterocycles. The van der Waals surface area contributed by atoms with E-state index in [9.17, 15) is 0 Å². The van der Waals surface area contributed by atoms with Crippen LogP contribution in [-0.2, 0) is 26.5 Å². The third-order valence-electron chi connectivity index (χ3n) is 8.15. The maximum atomic E-state index is 6.49. The normalized spacial score (nSPS) is 13.4. The van der Waals surface area contributed by atoms with Gasteiger partial charge in [0.05, 0.1) is 0 Å². The first-order valence-corrected chi connectivity index (χ1v) is 17.7. The molecule has 48 heavy (non-hydrogen) atoms. The number of ether oxygens (including phenoxy) is 1. The fraction of sp³-hybridized carbons (Fsp3) is 0.103. The van der Waals surface area contributed by atoms with Gasteiger partial charge in [0.2, 0.25) is 0 Å². The molecular formula is C39H31N5OPPtSe-3. The predicted molar refractivity (Wildman–Crippen MR) is 195 cm³/mol. The van der Waals surface area contributed by atoms with Crippen molar-refractivity contribution in [2.24, 2.45) is 0 Å². The Morgan fingerprint density at radius 3 is 2.42 bits per heavy atom. The minimum Gasteiger partial charge on any atom is 0 e. The number of para-hydroxylation sites is 2. The number of hydrogen-bond donors (Lipinski definition) is 0. The molecule has 2 aromatic heterocycles. The Balaban J connectivity index is 0.00000364. The van der Waals surface area contributed by atoms with E-state index in [0.717, 1.165) is 45.4 Å². The fourth-order valence-electron chi connectivity index (χ4n) is 5.81. The summed E-state index contributed by atoms with van der Waals surface area (Å²) in [6, 6.07) is 42.3. The van der Waals surface area contributed by atoms with Gasteiger partial charge in [-0.1, -0.05) is 24.3 Å². The van der Waals surface area contributed by atoms with Crippen molar-refractivity contribution in [1.82, 2.24) is 9.97 Å². The number of pyridine rings is 2. The monoisotopic (exact) mass is 891 g/mol. The molecule has 2 aliphatic rings. The van der Waals surface area contributed by atoms with Crippen LogP contribution in [-0.4, -0.2) is 24.9 Å².